The van der Waals surface area contributed by atoms with E-state index in [1.54, 1.807) is 0 Å². The van der Waals surface area contributed by atoms with E-state index in [9.17, 15) is 14.7 Å². The predicted molar refractivity (Wildman–Crippen MR) is 143 cm³/mol. The summed E-state index contributed by atoms with van der Waals surface area (Å²) in [4.78, 5) is 23.4. The van der Waals surface area contributed by atoms with E-state index < -0.39 is 18.0 Å². The fourth-order valence-corrected chi connectivity index (χ4v) is 4.31. The molecule has 0 aromatic carbocycles. The molecule has 0 aliphatic carbocycles. The van der Waals surface area contributed by atoms with Crippen molar-refractivity contribution in [1.29, 1.82) is 0 Å². The number of carboxylic acid groups (broad SMARTS) is 1. The van der Waals surface area contributed by atoms with Crippen molar-refractivity contribution < 1.29 is 19.4 Å². The van der Waals surface area contributed by atoms with Gasteiger partial charge < -0.3 is 15.2 Å². The van der Waals surface area contributed by atoms with Gasteiger partial charge in [-0.3, -0.25) is 9.59 Å². The smallest absolute Gasteiger partial charge is 0.321 e. The number of carbonyl (C=O) groups excluding carboxylic acids is 1. The summed E-state index contributed by atoms with van der Waals surface area (Å²) in [7, 11) is 0. The van der Waals surface area contributed by atoms with Gasteiger partial charge >= 0.3 is 11.9 Å². The van der Waals surface area contributed by atoms with Gasteiger partial charge in [-0.2, -0.15) is 0 Å². The van der Waals surface area contributed by atoms with Crippen LogP contribution in [-0.2, 0) is 14.3 Å². The summed E-state index contributed by atoms with van der Waals surface area (Å²) < 4.78 is 5.25. The molecule has 0 fully saturated rings. The molecule has 2 N–H and O–H groups in total. The Hall–Kier alpha value is -1.10. The first-order valence-electron chi connectivity index (χ1n) is 14.7. The maximum atomic E-state index is 12.0. The number of hydrogen-bond acceptors (Lipinski definition) is 4. The molecule has 0 radical (unpaired) electrons. The Morgan fingerprint density at radius 1 is 0.618 bits per heavy atom. The Kier molecular flexibility index (Phi) is 25.6. The zero-order chi connectivity index (χ0) is 25.1. The lowest BCUT2D eigenvalue weighted by Gasteiger charge is -2.14. The lowest BCUT2D eigenvalue weighted by molar-refractivity contribution is -0.149. The van der Waals surface area contributed by atoms with Crippen LogP contribution in [0.1, 0.15) is 155 Å². The van der Waals surface area contributed by atoms with Crippen LogP contribution >= 0.6 is 0 Å². The minimum Gasteiger partial charge on any atom is -0.480 e. The van der Waals surface area contributed by atoms with E-state index in [1.165, 1.54) is 109 Å². The van der Waals surface area contributed by atoms with E-state index in [2.05, 4.69) is 19.2 Å². The number of ether oxygens (including phenoxy) is 1. The number of carboxylic acids is 1. The summed E-state index contributed by atoms with van der Waals surface area (Å²) in [6.45, 7) is 5.52. The van der Waals surface area contributed by atoms with Crippen molar-refractivity contribution in [2.45, 2.75) is 161 Å². The van der Waals surface area contributed by atoms with Gasteiger partial charge in [0.05, 0.1) is 13.0 Å². The molecular weight excluding hydrogens is 426 g/mol. The third kappa shape index (κ3) is 24.0. The van der Waals surface area contributed by atoms with Crippen molar-refractivity contribution in [1.82, 2.24) is 5.32 Å². The van der Waals surface area contributed by atoms with E-state index in [4.69, 9.17) is 4.74 Å². The fraction of sp³-hybridized carbons (Fsp3) is 0.931. The molecule has 1 unspecified atom stereocenters. The summed E-state index contributed by atoms with van der Waals surface area (Å²) in [6.07, 6.45) is 26.3. The maximum absolute atomic E-state index is 12.0. The van der Waals surface area contributed by atoms with Crippen LogP contribution in [-0.4, -0.2) is 36.2 Å². The SMILES string of the molecule is CCCCCCCCCCCCCCCNC(CC(=O)OCCCCCCCCCC)C(=O)O. The largest absolute Gasteiger partial charge is 0.480 e. The molecule has 5 nitrogen and oxygen atoms in total. The van der Waals surface area contributed by atoms with Gasteiger partial charge in [0.1, 0.15) is 6.04 Å². The fourth-order valence-electron chi connectivity index (χ4n) is 4.31. The van der Waals surface area contributed by atoms with Gasteiger partial charge in [-0.25, -0.2) is 0 Å². The third-order valence-corrected chi connectivity index (χ3v) is 6.60. The quantitative estimate of drug-likeness (QED) is 0.0909. The molecule has 0 amide bonds. The van der Waals surface area contributed by atoms with Crippen LogP contribution in [0.4, 0.5) is 0 Å². The van der Waals surface area contributed by atoms with Crippen molar-refractivity contribution >= 4 is 11.9 Å². The van der Waals surface area contributed by atoms with Crippen molar-refractivity contribution in [2.24, 2.45) is 0 Å². The average molecular weight is 484 g/mol. The Labute approximate surface area is 211 Å². The normalized spacial score (nSPS) is 12.1. The minimum absolute atomic E-state index is 0.0925. The average Bonchev–Trinajstić information content (AvgIpc) is 2.82. The molecular formula is C29H57NO4. The monoisotopic (exact) mass is 483 g/mol. The van der Waals surface area contributed by atoms with Crippen LogP contribution in [0.15, 0.2) is 0 Å². The number of carbonyl (C=O) groups is 2. The van der Waals surface area contributed by atoms with E-state index >= 15 is 0 Å². The molecule has 202 valence electrons. The van der Waals surface area contributed by atoms with Crippen LogP contribution < -0.4 is 5.32 Å². The third-order valence-electron chi connectivity index (χ3n) is 6.60. The van der Waals surface area contributed by atoms with Crippen LogP contribution in [0.2, 0.25) is 0 Å². The first-order chi connectivity index (χ1) is 16.6. The molecule has 0 heterocycles. The molecule has 0 rings (SSSR count). The highest BCUT2D eigenvalue weighted by Crippen LogP contribution is 2.12. The summed E-state index contributed by atoms with van der Waals surface area (Å²) in [6, 6.07) is -0.844. The van der Waals surface area contributed by atoms with E-state index in [-0.39, 0.29) is 6.42 Å². The first-order valence-corrected chi connectivity index (χ1v) is 14.7. The predicted octanol–water partition coefficient (Wildman–Crippen LogP) is 8.19. The number of aliphatic carboxylic acids is 1. The zero-order valence-electron chi connectivity index (χ0n) is 22.7. The minimum atomic E-state index is -0.973. The van der Waals surface area contributed by atoms with Crippen LogP contribution in [0.3, 0.4) is 0 Å². The Morgan fingerprint density at radius 2 is 1.00 bits per heavy atom. The lowest BCUT2D eigenvalue weighted by atomic mass is 10.0. The highest BCUT2D eigenvalue weighted by atomic mass is 16.5. The number of rotatable bonds is 27. The Bertz CT molecular complexity index is 455. The molecule has 0 bridgehead atoms. The van der Waals surface area contributed by atoms with E-state index in [0.29, 0.717) is 13.2 Å². The molecule has 0 spiro atoms. The molecule has 0 saturated heterocycles. The maximum Gasteiger partial charge on any atom is 0.321 e. The lowest BCUT2D eigenvalue weighted by Crippen LogP contribution is -2.39. The highest BCUT2D eigenvalue weighted by molar-refractivity contribution is 5.81. The van der Waals surface area contributed by atoms with Crippen molar-refractivity contribution in [3.05, 3.63) is 0 Å². The second kappa shape index (κ2) is 26.5. The molecule has 1 atom stereocenters. The van der Waals surface area contributed by atoms with Crippen LogP contribution in [0.25, 0.3) is 0 Å². The van der Waals surface area contributed by atoms with E-state index in [1.807, 2.05) is 0 Å². The summed E-state index contributed by atoms with van der Waals surface area (Å²) in [5.74, 6) is -1.38. The van der Waals surface area contributed by atoms with Gasteiger partial charge in [0.2, 0.25) is 0 Å². The number of hydrogen-bond donors (Lipinski definition) is 2. The zero-order valence-corrected chi connectivity index (χ0v) is 22.7. The van der Waals surface area contributed by atoms with Gasteiger partial charge in [-0.05, 0) is 19.4 Å². The first kappa shape index (κ1) is 32.9. The van der Waals surface area contributed by atoms with Crippen molar-refractivity contribution in [3.63, 3.8) is 0 Å². The molecule has 0 aromatic heterocycles. The van der Waals surface area contributed by atoms with Crippen LogP contribution in [0, 0.1) is 0 Å². The molecule has 34 heavy (non-hydrogen) atoms. The number of nitrogens with one attached hydrogen (secondary N) is 1. The molecule has 5 heteroatoms. The standard InChI is InChI=1S/C29H57NO4/c1-3-5-7-9-11-13-14-15-16-17-18-20-22-24-30-27(29(32)33)26-28(31)34-25-23-21-19-12-10-8-6-4-2/h27,30H,3-26H2,1-2H3,(H,32,33). The summed E-state index contributed by atoms with van der Waals surface area (Å²) in [5.41, 5.74) is 0. The summed E-state index contributed by atoms with van der Waals surface area (Å²) in [5, 5.41) is 12.4. The second-order valence-electron chi connectivity index (χ2n) is 9.99. The summed E-state index contributed by atoms with van der Waals surface area (Å²) >= 11 is 0. The topological polar surface area (TPSA) is 75.6 Å². The van der Waals surface area contributed by atoms with Crippen molar-refractivity contribution in [3.8, 4) is 0 Å². The van der Waals surface area contributed by atoms with Gasteiger partial charge in [0.25, 0.3) is 0 Å². The second-order valence-corrected chi connectivity index (χ2v) is 9.99. The van der Waals surface area contributed by atoms with E-state index in [0.717, 1.165) is 25.7 Å². The molecule has 0 aliphatic heterocycles. The molecule has 0 aliphatic rings. The van der Waals surface area contributed by atoms with Gasteiger partial charge in [0.15, 0.2) is 0 Å². The molecule has 0 aromatic rings. The van der Waals surface area contributed by atoms with Gasteiger partial charge in [-0.1, -0.05) is 136 Å². The Morgan fingerprint density at radius 3 is 1.41 bits per heavy atom. The van der Waals surface area contributed by atoms with Gasteiger partial charge in [0, 0.05) is 0 Å². The molecule has 0 saturated carbocycles. The van der Waals surface area contributed by atoms with Crippen molar-refractivity contribution in [2.75, 3.05) is 13.2 Å². The Balaban J connectivity index is 3.57. The van der Waals surface area contributed by atoms with Crippen LogP contribution in [0.5, 0.6) is 0 Å². The number of unbranched alkanes of at least 4 members (excludes halogenated alkanes) is 19. The van der Waals surface area contributed by atoms with Gasteiger partial charge in [-0.15, -0.1) is 0 Å². The highest BCUT2D eigenvalue weighted by Gasteiger charge is 2.21. The number of esters is 1.